The average molecular weight is 383 g/mol. The minimum Gasteiger partial charge on any atom is -0.493 e. The highest BCUT2D eigenvalue weighted by Gasteiger charge is 2.24. The van der Waals surface area contributed by atoms with E-state index in [1.54, 1.807) is 0 Å². The highest BCUT2D eigenvalue weighted by atomic mass is 16.5. The van der Waals surface area contributed by atoms with E-state index in [9.17, 15) is 5.11 Å². The van der Waals surface area contributed by atoms with E-state index >= 15 is 0 Å². The first-order chi connectivity index (χ1) is 13.8. The van der Waals surface area contributed by atoms with E-state index in [4.69, 9.17) is 9.26 Å². The number of hydrogen-bond acceptors (Lipinski definition) is 5. The van der Waals surface area contributed by atoms with Crippen LogP contribution in [0.4, 0.5) is 0 Å². The summed E-state index contributed by atoms with van der Waals surface area (Å²) >= 11 is 0. The van der Waals surface area contributed by atoms with Crippen molar-refractivity contribution in [2.75, 3.05) is 26.2 Å². The van der Waals surface area contributed by atoms with Crippen LogP contribution >= 0.6 is 0 Å². The van der Waals surface area contributed by atoms with E-state index in [0.29, 0.717) is 11.5 Å². The zero-order valence-electron chi connectivity index (χ0n) is 16.7. The maximum Gasteiger partial charge on any atom is 0.176 e. The predicted octanol–water partition coefficient (Wildman–Crippen LogP) is 3.78. The topological polar surface area (TPSA) is 58.7 Å². The first kappa shape index (κ1) is 19.3. The standard InChI is InChI=1S/C23H30N2O3/c1-2-3-12-25-13-10-17(11-14-25)6-8-21-19-7-9-22(27-16-18-4-5-18)20(15-26)23(19)28-24-21/h7,9,17-18,26H,4-6,8,10-16H2,1H3. The molecule has 2 fully saturated rings. The first-order valence-corrected chi connectivity index (χ1v) is 10.5. The van der Waals surface area contributed by atoms with Crippen molar-refractivity contribution < 1.29 is 14.4 Å². The molecular formula is C23H30N2O3. The summed E-state index contributed by atoms with van der Waals surface area (Å²) in [6.45, 7) is 5.70. The van der Waals surface area contributed by atoms with Crippen LogP contribution in [0.1, 0.15) is 50.3 Å². The Hall–Kier alpha value is -2.03. The number of aryl methyl sites for hydroxylation is 1. The lowest BCUT2D eigenvalue weighted by Crippen LogP contribution is -2.34. The smallest absolute Gasteiger partial charge is 0.176 e. The second-order valence-electron chi connectivity index (χ2n) is 8.15. The molecule has 1 N–H and O–H groups in total. The molecule has 1 aromatic carbocycles. The largest absolute Gasteiger partial charge is 0.493 e. The molecule has 1 saturated heterocycles. The molecule has 1 aliphatic heterocycles. The van der Waals surface area contributed by atoms with Gasteiger partial charge in [-0.25, -0.2) is 0 Å². The number of likely N-dealkylation sites (tertiary alicyclic amines) is 1. The molecule has 4 rings (SSSR count). The fourth-order valence-corrected chi connectivity index (χ4v) is 4.01. The zero-order valence-corrected chi connectivity index (χ0v) is 16.7. The molecule has 0 unspecified atom stereocenters. The Labute approximate surface area is 167 Å². The maximum atomic E-state index is 9.84. The van der Waals surface area contributed by atoms with E-state index in [1.165, 1.54) is 25.7 Å². The summed E-state index contributed by atoms with van der Waals surface area (Å²) in [5.74, 6) is 8.28. The van der Waals surface area contributed by atoms with Crippen molar-refractivity contribution >= 4 is 11.0 Å². The van der Waals surface area contributed by atoms with Gasteiger partial charge in [0.25, 0.3) is 0 Å². The highest BCUT2D eigenvalue weighted by Crippen LogP contribution is 2.34. The van der Waals surface area contributed by atoms with E-state index in [1.807, 2.05) is 19.1 Å². The van der Waals surface area contributed by atoms with Crippen molar-refractivity contribution in [3.8, 4) is 17.6 Å². The summed E-state index contributed by atoms with van der Waals surface area (Å²) in [4.78, 5) is 2.44. The summed E-state index contributed by atoms with van der Waals surface area (Å²) in [6.07, 6.45) is 6.98. The Kier molecular flexibility index (Phi) is 6.19. The molecule has 1 aliphatic carbocycles. The van der Waals surface area contributed by atoms with Crippen LogP contribution in [0.15, 0.2) is 16.7 Å². The highest BCUT2D eigenvalue weighted by molar-refractivity contribution is 5.84. The number of hydrogen-bond donors (Lipinski definition) is 1. The van der Waals surface area contributed by atoms with Gasteiger partial charge in [0.2, 0.25) is 0 Å². The normalized spacial score (nSPS) is 18.2. The van der Waals surface area contributed by atoms with Crippen LogP contribution in [0.3, 0.4) is 0 Å². The number of aliphatic hydroxyl groups is 1. The van der Waals surface area contributed by atoms with E-state index < -0.39 is 0 Å². The molecule has 0 spiro atoms. The van der Waals surface area contributed by atoms with Gasteiger partial charge >= 0.3 is 0 Å². The molecule has 150 valence electrons. The number of fused-ring (bicyclic) bond motifs is 1. The van der Waals surface area contributed by atoms with Crippen LogP contribution in [0, 0.1) is 23.7 Å². The molecule has 2 aromatic rings. The molecule has 5 nitrogen and oxygen atoms in total. The van der Waals surface area contributed by atoms with Crippen LogP contribution in [-0.4, -0.2) is 41.4 Å². The van der Waals surface area contributed by atoms with Crippen LogP contribution in [-0.2, 0) is 13.0 Å². The lowest BCUT2D eigenvalue weighted by Gasteiger charge is -2.30. The molecule has 28 heavy (non-hydrogen) atoms. The Morgan fingerprint density at radius 2 is 2.04 bits per heavy atom. The quantitative estimate of drug-likeness (QED) is 0.704. The van der Waals surface area contributed by atoms with Gasteiger partial charge in [0.15, 0.2) is 5.58 Å². The summed E-state index contributed by atoms with van der Waals surface area (Å²) in [5.41, 5.74) is 2.40. The molecule has 1 saturated carbocycles. The van der Waals surface area contributed by atoms with E-state index in [-0.39, 0.29) is 6.61 Å². The minimum absolute atomic E-state index is 0.0922. The second-order valence-corrected chi connectivity index (χ2v) is 8.15. The van der Waals surface area contributed by atoms with Gasteiger partial charge in [0.05, 0.1) is 31.0 Å². The first-order valence-electron chi connectivity index (χ1n) is 10.5. The van der Waals surface area contributed by atoms with Gasteiger partial charge in [-0.05, 0) is 82.5 Å². The number of aromatic nitrogens is 1. The second kappa shape index (κ2) is 8.98. The Balaban J connectivity index is 1.37. The van der Waals surface area contributed by atoms with Crippen LogP contribution in [0.2, 0.25) is 0 Å². The van der Waals surface area contributed by atoms with Gasteiger partial charge in [0, 0.05) is 5.39 Å². The SMILES string of the molecule is CC#CCN1CCC(CCc2noc3c(CO)c(OCC4CC4)ccc23)CC1. The number of nitrogens with zero attached hydrogens (tertiary/aromatic N) is 2. The van der Waals surface area contributed by atoms with Crippen molar-refractivity contribution in [3.63, 3.8) is 0 Å². The number of rotatable bonds is 8. The Morgan fingerprint density at radius 1 is 1.21 bits per heavy atom. The summed E-state index contributed by atoms with van der Waals surface area (Å²) in [5, 5.41) is 15.2. The number of benzene rings is 1. The third-order valence-corrected chi connectivity index (χ3v) is 6.08. The molecule has 0 amide bonds. The van der Waals surface area contributed by atoms with Crippen molar-refractivity contribution in [2.45, 2.75) is 52.1 Å². The maximum absolute atomic E-state index is 9.84. The van der Waals surface area contributed by atoms with Crippen molar-refractivity contribution in [3.05, 3.63) is 23.4 Å². The summed E-state index contributed by atoms with van der Waals surface area (Å²) in [7, 11) is 0. The van der Waals surface area contributed by atoms with Crippen LogP contribution in [0.5, 0.6) is 5.75 Å². The van der Waals surface area contributed by atoms with Gasteiger partial charge in [-0.15, -0.1) is 5.92 Å². The molecule has 0 radical (unpaired) electrons. The monoisotopic (exact) mass is 382 g/mol. The van der Waals surface area contributed by atoms with Gasteiger partial charge in [-0.1, -0.05) is 11.1 Å². The van der Waals surface area contributed by atoms with Crippen molar-refractivity contribution in [1.29, 1.82) is 0 Å². The van der Waals surface area contributed by atoms with Gasteiger partial charge in [-0.3, -0.25) is 4.90 Å². The van der Waals surface area contributed by atoms with Gasteiger partial charge < -0.3 is 14.4 Å². The number of aliphatic hydroxyl groups excluding tert-OH is 1. The van der Waals surface area contributed by atoms with E-state index in [2.05, 4.69) is 21.9 Å². The summed E-state index contributed by atoms with van der Waals surface area (Å²) in [6, 6.07) is 4.00. The molecule has 2 aliphatic rings. The molecule has 1 aromatic heterocycles. The third-order valence-electron chi connectivity index (χ3n) is 6.08. The lowest BCUT2D eigenvalue weighted by atomic mass is 9.91. The molecule has 0 atom stereocenters. The number of piperidine rings is 1. The molecular weight excluding hydrogens is 352 g/mol. The average Bonchev–Trinajstić information content (AvgIpc) is 3.47. The minimum atomic E-state index is -0.0922. The molecule has 0 bridgehead atoms. The van der Waals surface area contributed by atoms with Gasteiger partial charge in [0.1, 0.15) is 5.75 Å². The van der Waals surface area contributed by atoms with E-state index in [0.717, 1.165) is 67.4 Å². The molecule has 2 heterocycles. The zero-order chi connectivity index (χ0) is 19.3. The van der Waals surface area contributed by atoms with Gasteiger partial charge in [-0.2, -0.15) is 0 Å². The third kappa shape index (κ3) is 4.51. The Morgan fingerprint density at radius 3 is 2.75 bits per heavy atom. The number of ether oxygens (including phenoxy) is 1. The lowest BCUT2D eigenvalue weighted by molar-refractivity contribution is 0.197. The summed E-state index contributed by atoms with van der Waals surface area (Å²) < 4.78 is 11.5. The van der Waals surface area contributed by atoms with Crippen LogP contribution < -0.4 is 4.74 Å². The van der Waals surface area contributed by atoms with Crippen LogP contribution in [0.25, 0.3) is 11.0 Å². The molecule has 5 heteroatoms. The predicted molar refractivity (Wildman–Crippen MR) is 109 cm³/mol. The van der Waals surface area contributed by atoms with Crippen molar-refractivity contribution in [1.82, 2.24) is 10.1 Å². The Bertz CT molecular complexity index is 852. The van der Waals surface area contributed by atoms with Crippen molar-refractivity contribution in [2.24, 2.45) is 11.8 Å². The fourth-order valence-electron chi connectivity index (χ4n) is 4.01. The fraction of sp³-hybridized carbons (Fsp3) is 0.609.